The average molecular weight is 471 g/mol. The molecule has 166 valence electrons. The third kappa shape index (κ3) is 4.97. The van der Waals surface area contributed by atoms with Crippen molar-refractivity contribution in [3.63, 3.8) is 0 Å². The lowest BCUT2D eigenvalue weighted by Gasteiger charge is -2.14. The Morgan fingerprint density at radius 3 is 2.31 bits per heavy atom. The Labute approximate surface area is 182 Å². The SMILES string of the molecule is C=C(Nc1ccc(Oc2cc(C(F)(F)F)ccc2Cl)cc1[N+](=O)[O-])c1c(F)cccc1F. The number of nitrogens with zero attached hydrogens (tertiary/aromatic N) is 1. The Kier molecular flexibility index (Phi) is 6.35. The molecular formula is C21H12ClF5N2O3. The first-order valence-electron chi connectivity index (χ1n) is 8.70. The van der Waals surface area contributed by atoms with Gasteiger partial charge in [0.2, 0.25) is 0 Å². The Hall–Kier alpha value is -3.66. The largest absolute Gasteiger partial charge is 0.456 e. The molecule has 1 N–H and O–H groups in total. The van der Waals surface area contributed by atoms with Gasteiger partial charge in [-0.25, -0.2) is 8.78 Å². The predicted octanol–water partition coefficient (Wildman–Crippen LogP) is 7.42. The van der Waals surface area contributed by atoms with Crippen molar-refractivity contribution < 1.29 is 31.6 Å². The molecule has 3 aromatic carbocycles. The number of alkyl halides is 3. The first-order valence-corrected chi connectivity index (χ1v) is 9.08. The van der Waals surface area contributed by atoms with Crippen LogP contribution >= 0.6 is 11.6 Å². The number of nitro benzene ring substituents is 1. The van der Waals surface area contributed by atoms with Gasteiger partial charge in [0.25, 0.3) is 5.69 Å². The van der Waals surface area contributed by atoms with Gasteiger partial charge >= 0.3 is 6.18 Å². The number of halogens is 6. The van der Waals surface area contributed by atoms with E-state index in [1.165, 1.54) is 6.07 Å². The van der Waals surface area contributed by atoms with Crippen LogP contribution in [0.1, 0.15) is 11.1 Å². The van der Waals surface area contributed by atoms with E-state index in [0.29, 0.717) is 6.07 Å². The van der Waals surface area contributed by atoms with Crippen molar-refractivity contribution in [2.75, 3.05) is 5.32 Å². The second-order valence-electron chi connectivity index (χ2n) is 6.38. The molecule has 0 atom stereocenters. The Morgan fingerprint density at radius 1 is 1.06 bits per heavy atom. The van der Waals surface area contributed by atoms with Crippen molar-refractivity contribution in [3.05, 3.63) is 99.1 Å². The first-order chi connectivity index (χ1) is 15.0. The minimum Gasteiger partial charge on any atom is -0.456 e. The molecule has 0 saturated heterocycles. The summed E-state index contributed by atoms with van der Waals surface area (Å²) in [6.07, 6.45) is -4.65. The van der Waals surface area contributed by atoms with Crippen LogP contribution < -0.4 is 10.1 Å². The van der Waals surface area contributed by atoms with Gasteiger partial charge in [-0.1, -0.05) is 24.2 Å². The predicted molar refractivity (Wildman–Crippen MR) is 109 cm³/mol. The number of hydrogen-bond donors (Lipinski definition) is 1. The number of ether oxygens (including phenoxy) is 1. The van der Waals surface area contributed by atoms with Crippen molar-refractivity contribution in [3.8, 4) is 11.5 Å². The molecule has 0 aliphatic carbocycles. The van der Waals surface area contributed by atoms with E-state index in [4.69, 9.17) is 16.3 Å². The highest BCUT2D eigenvalue weighted by Gasteiger charge is 2.31. The van der Waals surface area contributed by atoms with Crippen molar-refractivity contribution in [1.82, 2.24) is 0 Å². The summed E-state index contributed by atoms with van der Waals surface area (Å²) in [7, 11) is 0. The van der Waals surface area contributed by atoms with Gasteiger partial charge in [-0.15, -0.1) is 0 Å². The van der Waals surface area contributed by atoms with Crippen LogP contribution in [0.25, 0.3) is 5.70 Å². The van der Waals surface area contributed by atoms with E-state index in [0.717, 1.165) is 42.5 Å². The van der Waals surface area contributed by atoms with Gasteiger partial charge in [-0.2, -0.15) is 13.2 Å². The molecule has 0 heterocycles. The fraction of sp³-hybridized carbons (Fsp3) is 0.0476. The number of nitro groups is 1. The standard InChI is InChI=1S/C21H12ClF5N2O3/c1-11(20-15(23)3-2-4-16(20)24)28-17-8-6-13(10-18(17)29(30)31)32-19-9-12(21(25,26)27)5-7-14(19)22/h2-10,28H,1H2. The summed E-state index contributed by atoms with van der Waals surface area (Å²) >= 11 is 5.87. The monoisotopic (exact) mass is 470 g/mol. The molecule has 0 bridgehead atoms. The second kappa shape index (κ2) is 8.83. The van der Waals surface area contributed by atoms with Gasteiger partial charge in [0.05, 0.1) is 27.1 Å². The summed E-state index contributed by atoms with van der Waals surface area (Å²) in [4.78, 5) is 10.7. The third-order valence-electron chi connectivity index (χ3n) is 4.20. The molecule has 0 radical (unpaired) electrons. The van der Waals surface area contributed by atoms with Crippen LogP contribution in [0.2, 0.25) is 5.02 Å². The highest BCUT2D eigenvalue weighted by molar-refractivity contribution is 6.32. The number of rotatable bonds is 6. The van der Waals surface area contributed by atoms with Crippen molar-refractivity contribution in [2.45, 2.75) is 6.18 Å². The molecule has 0 aliphatic heterocycles. The van der Waals surface area contributed by atoms with Crippen LogP contribution in [0.15, 0.2) is 61.2 Å². The smallest absolute Gasteiger partial charge is 0.416 e. The molecule has 0 saturated carbocycles. The highest BCUT2D eigenvalue weighted by Crippen LogP contribution is 2.39. The molecule has 0 aliphatic rings. The Morgan fingerprint density at radius 2 is 1.72 bits per heavy atom. The molecule has 32 heavy (non-hydrogen) atoms. The van der Waals surface area contributed by atoms with Crippen LogP contribution in [-0.4, -0.2) is 4.92 Å². The maximum absolute atomic E-state index is 13.9. The van der Waals surface area contributed by atoms with E-state index in [9.17, 15) is 32.1 Å². The van der Waals surface area contributed by atoms with Crippen molar-refractivity contribution >= 4 is 28.7 Å². The van der Waals surface area contributed by atoms with Gasteiger partial charge in [-0.05, 0) is 42.5 Å². The van der Waals surface area contributed by atoms with E-state index < -0.39 is 39.5 Å². The van der Waals surface area contributed by atoms with E-state index in [1.807, 2.05) is 0 Å². The van der Waals surface area contributed by atoms with Crippen molar-refractivity contribution in [2.24, 2.45) is 0 Å². The normalized spacial score (nSPS) is 11.2. The van der Waals surface area contributed by atoms with E-state index in [1.54, 1.807) is 0 Å². The van der Waals surface area contributed by atoms with Crippen LogP contribution in [-0.2, 0) is 6.18 Å². The fourth-order valence-electron chi connectivity index (χ4n) is 2.73. The minimum atomic E-state index is -4.65. The molecule has 3 aromatic rings. The van der Waals surface area contributed by atoms with Gasteiger partial charge in [0.1, 0.15) is 28.8 Å². The van der Waals surface area contributed by atoms with E-state index in [2.05, 4.69) is 11.9 Å². The summed E-state index contributed by atoms with van der Waals surface area (Å²) in [5, 5.41) is 13.8. The van der Waals surface area contributed by atoms with Gasteiger partial charge in [0, 0.05) is 5.70 Å². The maximum atomic E-state index is 13.9. The second-order valence-corrected chi connectivity index (χ2v) is 6.79. The first kappa shape index (κ1) is 23.0. The average Bonchev–Trinajstić information content (AvgIpc) is 2.69. The van der Waals surface area contributed by atoms with E-state index >= 15 is 0 Å². The van der Waals surface area contributed by atoms with Gasteiger partial charge < -0.3 is 10.1 Å². The van der Waals surface area contributed by atoms with E-state index in [-0.39, 0.29) is 27.9 Å². The summed E-state index contributed by atoms with van der Waals surface area (Å²) in [6, 6.07) is 8.82. The molecule has 5 nitrogen and oxygen atoms in total. The zero-order valence-corrected chi connectivity index (χ0v) is 16.6. The molecule has 3 rings (SSSR count). The molecule has 0 aromatic heterocycles. The zero-order valence-electron chi connectivity index (χ0n) is 15.8. The number of benzene rings is 3. The molecule has 0 unspecified atom stereocenters. The maximum Gasteiger partial charge on any atom is 0.416 e. The summed E-state index contributed by atoms with van der Waals surface area (Å²) in [6.45, 7) is 3.51. The van der Waals surface area contributed by atoms with Crippen LogP contribution in [0.5, 0.6) is 11.5 Å². The topological polar surface area (TPSA) is 64.4 Å². The van der Waals surface area contributed by atoms with Crippen molar-refractivity contribution in [1.29, 1.82) is 0 Å². The summed E-state index contributed by atoms with van der Waals surface area (Å²) in [5.74, 6) is -2.41. The quantitative estimate of drug-likeness (QED) is 0.231. The number of nitrogens with one attached hydrogen (secondary N) is 1. The summed E-state index contributed by atoms with van der Waals surface area (Å²) < 4.78 is 71.9. The number of hydrogen-bond acceptors (Lipinski definition) is 4. The van der Waals surface area contributed by atoms with Crippen LogP contribution in [0.4, 0.5) is 33.3 Å². The molecule has 0 amide bonds. The van der Waals surface area contributed by atoms with Crippen LogP contribution in [0, 0.1) is 21.7 Å². The lowest BCUT2D eigenvalue weighted by molar-refractivity contribution is -0.384. The lowest BCUT2D eigenvalue weighted by atomic mass is 10.1. The van der Waals surface area contributed by atoms with Crippen LogP contribution in [0.3, 0.4) is 0 Å². The molecule has 0 fully saturated rings. The Bertz CT molecular complexity index is 1190. The number of anilines is 1. The zero-order chi connectivity index (χ0) is 23.6. The Balaban J connectivity index is 1.92. The lowest BCUT2D eigenvalue weighted by Crippen LogP contribution is -2.05. The third-order valence-corrected chi connectivity index (χ3v) is 4.51. The fourth-order valence-corrected chi connectivity index (χ4v) is 2.88. The molecule has 11 heteroatoms. The molecular weight excluding hydrogens is 459 g/mol. The summed E-state index contributed by atoms with van der Waals surface area (Å²) in [5.41, 5.74) is -2.56. The molecule has 0 spiro atoms. The van der Waals surface area contributed by atoms with Gasteiger partial charge in [-0.3, -0.25) is 10.1 Å². The van der Waals surface area contributed by atoms with Gasteiger partial charge in [0.15, 0.2) is 0 Å². The minimum absolute atomic E-state index is 0.147. The highest BCUT2D eigenvalue weighted by atomic mass is 35.5.